The van der Waals surface area contributed by atoms with Crippen molar-refractivity contribution in [2.45, 2.75) is 30.1 Å². The number of H-pyrrole nitrogens is 1. The highest BCUT2D eigenvalue weighted by molar-refractivity contribution is 7.91. The number of aromatic amines is 1. The van der Waals surface area contributed by atoms with E-state index >= 15 is 0 Å². The monoisotopic (exact) mass is 374 g/mol. The van der Waals surface area contributed by atoms with Gasteiger partial charge in [-0.15, -0.1) is 0 Å². The molecule has 0 amide bonds. The number of nitrogens with zero attached hydrogens (tertiary/aromatic N) is 1. The third-order valence-electron chi connectivity index (χ3n) is 4.34. The number of aromatic nitrogens is 1. The van der Waals surface area contributed by atoms with Gasteiger partial charge in [-0.05, 0) is 29.7 Å². The zero-order valence-corrected chi connectivity index (χ0v) is 15.0. The average Bonchev–Trinajstić information content (AvgIpc) is 3.04. The van der Waals surface area contributed by atoms with Gasteiger partial charge in [0.15, 0.2) is 5.44 Å². The van der Waals surface area contributed by atoms with Crippen LogP contribution in [0.4, 0.5) is 5.69 Å². The molecule has 0 aliphatic carbocycles. The van der Waals surface area contributed by atoms with Crippen LogP contribution in [0, 0.1) is 10.1 Å². The Balaban J connectivity index is 2.04. The molecule has 0 saturated heterocycles. The molecule has 0 radical (unpaired) electrons. The maximum absolute atomic E-state index is 12.8. The van der Waals surface area contributed by atoms with E-state index in [0.717, 1.165) is 5.56 Å². The molecular weight excluding hydrogens is 356 g/mol. The molecule has 3 rings (SSSR count). The summed E-state index contributed by atoms with van der Waals surface area (Å²) in [5.41, 5.74) is -0.430. The Morgan fingerprint density at radius 1 is 1.12 bits per heavy atom. The summed E-state index contributed by atoms with van der Waals surface area (Å²) in [6.07, 6.45) is 1.36. The summed E-state index contributed by atoms with van der Waals surface area (Å²) in [7, 11) is -4.06. The largest absolute Gasteiger partial charge is 0.373 e. The normalized spacial score (nSPS) is 13.2. The fraction of sp³-hybridized carbons (Fsp3) is 0.222. The second-order valence-corrected chi connectivity index (χ2v) is 8.36. The van der Waals surface area contributed by atoms with Gasteiger partial charge in [0, 0.05) is 34.8 Å². The minimum atomic E-state index is -4.06. The van der Waals surface area contributed by atoms with E-state index in [1.807, 2.05) is 13.8 Å². The first kappa shape index (κ1) is 18.1. The Morgan fingerprint density at radius 2 is 1.77 bits per heavy atom. The molecule has 8 heteroatoms. The van der Waals surface area contributed by atoms with E-state index in [0.29, 0.717) is 10.9 Å². The number of hydrogen-bond acceptors (Lipinski definition) is 5. The molecule has 0 bridgehead atoms. The lowest BCUT2D eigenvalue weighted by Crippen LogP contribution is -2.13. The van der Waals surface area contributed by atoms with Crippen LogP contribution in [0.25, 0.3) is 10.9 Å². The highest BCUT2D eigenvalue weighted by Crippen LogP contribution is 2.33. The van der Waals surface area contributed by atoms with Crippen molar-refractivity contribution in [3.63, 3.8) is 0 Å². The molecule has 0 aliphatic heterocycles. The maximum atomic E-state index is 12.8. The molecule has 3 aromatic rings. The van der Waals surface area contributed by atoms with E-state index in [9.17, 15) is 23.6 Å². The summed E-state index contributed by atoms with van der Waals surface area (Å²) in [5.74, 6) is 0.255. The van der Waals surface area contributed by atoms with Crippen molar-refractivity contribution < 1.29 is 18.4 Å². The first-order valence-electron chi connectivity index (χ1n) is 7.99. The Kier molecular flexibility index (Phi) is 4.55. The van der Waals surface area contributed by atoms with E-state index in [2.05, 4.69) is 4.98 Å². The molecule has 7 nitrogen and oxygen atoms in total. The predicted molar refractivity (Wildman–Crippen MR) is 97.6 cm³/mol. The van der Waals surface area contributed by atoms with Gasteiger partial charge in [-0.25, -0.2) is 8.42 Å². The van der Waals surface area contributed by atoms with E-state index in [1.165, 1.54) is 36.5 Å². The lowest BCUT2D eigenvalue weighted by molar-refractivity contribution is -0.384. The number of hydrogen-bond donors (Lipinski definition) is 2. The number of sulfone groups is 1. The third kappa shape index (κ3) is 3.09. The summed E-state index contributed by atoms with van der Waals surface area (Å²) in [5, 5.41) is 21.8. The van der Waals surface area contributed by atoms with Crippen molar-refractivity contribution in [1.82, 2.24) is 4.98 Å². The van der Waals surface area contributed by atoms with Crippen LogP contribution in [0.2, 0.25) is 0 Å². The average molecular weight is 374 g/mol. The van der Waals surface area contributed by atoms with Gasteiger partial charge in [0.1, 0.15) is 0 Å². The van der Waals surface area contributed by atoms with Crippen molar-refractivity contribution >= 4 is 26.4 Å². The van der Waals surface area contributed by atoms with Gasteiger partial charge >= 0.3 is 0 Å². The highest BCUT2D eigenvalue weighted by atomic mass is 32.2. The van der Waals surface area contributed by atoms with Gasteiger partial charge in [-0.2, -0.15) is 0 Å². The van der Waals surface area contributed by atoms with Crippen LogP contribution in [-0.2, 0) is 9.84 Å². The number of benzene rings is 2. The van der Waals surface area contributed by atoms with Crippen LogP contribution in [0.1, 0.15) is 36.3 Å². The maximum Gasteiger partial charge on any atom is 0.270 e. The number of rotatable bonds is 5. The molecule has 1 unspecified atom stereocenters. The van der Waals surface area contributed by atoms with E-state index in [4.69, 9.17) is 0 Å². The molecular formula is C18H18N2O5S. The van der Waals surface area contributed by atoms with Crippen LogP contribution < -0.4 is 0 Å². The molecule has 136 valence electrons. The zero-order valence-electron chi connectivity index (χ0n) is 14.2. The molecule has 1 aromatic heterocycles. The molecule has 0 fully saturated rings. The smallest absolute Gasteiger partial charge is 0.270 e. The van der Waals surface area contributed by atoms with Crippen molar-refractivity contribution in [3.8, 4) is 0 Å². The number of non-ortho nitro benzene ring substituents is 1. The minimum Gasteiger partial charge on any atom is -0.373 e. The summed E-state index contributed by atoms with van der Waals surface area (Å²) in [6.45, 7) is 3.99. The van der Waals surface area contributed by atoms with Crippen LogP contribution in [-0.4, -0.2) is 23.4 Å². The highest BCUT2D eigenvalue weighted by Gasteiger charge is 2.29. The summed E-state index contributed by atoms with van der Waals surface area (Å²) < 4.78 is 25.6. The SMILES string of the molecule is CC(C)c1ccc(S(=O)(=O)C(O)c2c[nH]c3ccc([N+](=O)[O-])cc23)cc1. The summed E-state index contributed by atoms with van der Waals surface area (Å²) in [4.78, 5) is 13.2. The third-order valence-corrected chi connectivity index (χ3v) is 6.11. The minimum absolute atomic E-state index is 0.00539. The first-order chi connectivity index (χ1) is 12.2. The van der Waals surface area contributed by atoms with Crippen molar-refractivity contribution in [2.24, 2.45) is 0 Å². The number of nitro groups is 1. The standard InChI is InChI=1S/C18H18N2O5S/c1-11(2)12-3-6-14(7-4-12)26(24,25)18(21)16-10-19-17-8-5-13(20(22)23)9-15(16)17/h3-11,18-19,21H,1-2H3. The van der Waals surface area contributed by atoms with Gasteiger partial charge in [-0.1, -0.05) is 26.0 Å². The van der Waals surface area contributed by atoms with E-state index in [1.54, 1.807) is 12.1 Å². The van der Waals surface area contributed by atoms with Gasteiger partial charge in [0.05, 0.1) is 9.82 Å². The Morgan fingerprint density at radius 3 is 2.35 bits per heavy atom. The Hall–Kier alpha value is -2.71. The molecule has 26 heavy (non-hydrogen) atoms. The number of aliphatic hydroxyl groups excluding tert-OH is 1. The second kappa shape index (κ2) is 6.54. The number of aliphatic hydroxyl groups is 1. The topological polar surface area (TPSA) is 113 Å². The molecule has 0 spiro atoms. The molecule has 1 atom stereocenters. The predicted octanol–water partition coefficient (Wildman–Crippen LogP) is 3.66. The molecule has 0 aliphatic rings. The van der Waals surface area contributed by atoms with E-state index in [-0.39, 0.29) is 22.1 Å². The van der Waals surface area contributed by atoms with Crippen LogP contribution in [0.3, 0.4) is 0 Å². The van der Waals surface area contributed by atoms with Crippen LogP contribution in [0.15, 0.2) is 53.6 Å². The lowest BCUT2D eigenvalue weighted by Gasteiger charge is -2.13. The van der Waals surface area contributed by atoms with Gasteiger partial charge in [-0.3, -0.25) is 10.1 Å². The van der Waals surface area contributed by atoms with Crippen molar-refractivity contribution in [1.29, 1.82) is 0 Å². The molecule has 1 heterocycles. The molecule has 0 saturated carbocycles. The van der Waals surface area contributed by atoms with Crippen molar-refractivity contribution in [3.05, 3.63) is 69.9 Å². The summed E-state index contributed by atoms with van der Waals surface area (Å²) in [6, 6.07) is 10.4. The Labute approximate surface area is 150 Å². The van der Waals surface area contributed by atoms with Crippen molar-refractivity contribution in [2.75, 3.05) is 0 Å². The zero-order chi connectivity index (χ0) is 19.1. The van der Waals surface area contributed by atoms with Crippen LogP contribution >= 0.6 is 0 Å². The number of nitrogens with one attached hydrogen (secondary N) is 1. The van der Waals surface area contributed by atoms with Crippen LogP contribution in [0.5, 0.6) is 0 Å². The first-order valence-corrected chi connectivity index (χ1v) is 9.54. The quantitative estimate of drug-likeness (QED) is 0.522. The fourth-order valence-electron chi connectivity index (χ4n) is 2.79. The number of fused-ring (bicyclic) bond motifs is 1. The Bertz CT molecular complexity index is 1070. The number of nitro benzene ring substituents is 1. The van der Waals surface area contributed by atoms with Gasteiger partial charge in [0.2, 0.25) is 9.84 Å². The van der Waals surface area contributed by atoms with E-state index < -0.39 is 20.2 Å². The molecule has 2 N–H and O–H groups in total. The molecule has 2 aromatic carbocycles. The van der Waals surface area contributed by atoms with Gasteiger partial charge in [0.25, 0.3) is 5.69 Å². The lowest BCUT2D eigenvalue weighted by atomic mass is 10.0. The van der Waals surface area contributed by atoms with Gasteiger partial charge < -0.3 is 10.1 Å². The second-order valence-electron chi connectivity index (χ2n) is 6.35. The summed E-state index contributed by atoms with van der Waals surface area (Å²) >= 11 is 0. The fourth-order valence-corrected chi connectivity index (χ4v) is 4.09.